The maximum absolute atomic E-state index is 12.9. The Balaban J connectivity index is 0.000000243. The highest BCUT2D eigenvalue weighted by molar-refractivity contribution is 6.99. The van der Waals surface area contributed by atoms with E-state index < -0.39 is 22.2 Å². The van der Waals surface area contributed by atoms with Crippen LogP contribution in [0.5, 0.6) is 0 Å². The van der Waals surface area contributed by atoms with Crippen LogP contribution in [0.1, 0.15) is 261 Å². The number of rotatable bonds is 38. The van der Waals surface area contributed by atoms with Crippen molar-refractivity contribution in [1.29, 1.82) is 0 Å². The molecule has 0 aliphatic carbocycles. The minimum absolute atomic E-state index is 0.00124. The standard InChI is InChI=1S/C47H64N4O5Si.C42H56N4O3Si.C4H8O/c1-7-55-43(52)33-37(21-12-8-9-13-23-39-30-29-36-22-20-32-51(44(36)50-39)45(53)56-46(2,3)4)38-34-48-42(49-35-38)28-18-19-31-47(5,6)57(54,40-24-14-10-15-25-40)41-26-16-11-17-27-41;1-4-49-40(47)30-34(18-9-5-6-10-20-36-27-26-33-19-17-29-43-41(33)46-36)35-31-44-39(45-32-35)25-15-16-28-42(2,3)50(48,37-21-11-7-12-22-37)38-23-13-8-14-24-38;1-2-4-5-3-1/h10-11,14-17,24-27,29-30,34-35,37,54H,7-9,12-13,18-23,28,31-33H2,1-6H3;7-8,11-14,21-24,26-27,31-32,34,48H,4-6,9-10,15-20,25,28-30H2,1-3H3,(H,43,46);1-4H2/t37-;34-;/m00./s1. The second-order valence-corrected chi connectivity index (χ2v) is 40.8. The third-order valence-corrected chi connectivity index (χ3v) is 31.5. The smallest absolute Gasteiger partial charge is 0.416 e. The molecule has 112 heavy (non-hydrogen) atoms. The quantitative estimate of drug-likeness (QED) is 0.0142. The normalized spacial score (nSPS) is 14.2. The molecule has 0 unspecified atom stereocenters. The van der Waals surface area contributed by atoms with Gasteiger partial charge in [-0.25, -0.2) is 34.7 Å². The Morgan fingerprint density at radius 2 is 0.884 bits per heavy atom. The molecule has 3 aliphatic rings. The molecule has 3 aliphatic heterocycles. The SMILES string of the molecule is C1CCOC1.CCOC(=O)C[C@H](CCCCCCc1ccc2c(n1)N(C(=O)OC(C)(C)C)CCC2)c1cnc(CCCCC(C)(C)[Si](O)(c2ccccc2)c2ccccc2)nc1.CCOC(=O)C[C@H](CCCCCCc1ccc2c(n1)NCCC2)c1cnc(CCCCC(C)(C)[Si](O)(c2ccccc2)c2ccccc2)nc1. The number of benzene rings is 4. The van der Waals surface area contributed by atoms with Gasteiger partial charge in [-0.3, -0.25) is 14.5 Å². The second kappa shape index (κ2) is 44.4. The van der Waals surface area contributed by atoms with Crippen LogP contribution in [0.4, 0.5) is 16.4 Å². The maximum Gasteiger partial charge on any atom is 0.416 e. The Morgan fingerprint density at radius 3 is 1.29 bits per heavy atom. The Bertz CT molecular complexity index is 4010. The number of aryl methyl sites for hydroxylation is 6. The number of anilines is 2. The summed E-state index contributed by atoms with van der Waals surface area (Å²) in [6, 6.07) is 49.5. The highest BCUT2D eigenvalue weighted by Gasteiger charge is 2.51. The minimum atomic E-state index is -3.04. The van der Waals surface area contributed by atoms with Gasteiger partial charge in [0.2, 0.25) is 0 Å². The van der Waals surface area contributed by atoms with Crippen LogP contribution in [-0.4, -0.2) is 119 Å². The molecule has 4 aromatic carbocycles. The van der Waals surface area contributed by atoms with Gasteiger partial charge in [0.15, 0.2) is 0 Å². The molecule has 1 saturated heterocycles. The van der Waals surface area contributed by atoms with Crippen molar-refractivity contribution >= 4 is 67.0 Å². The predicted octanol–water partition coefficient (Wildman–Crippen LogP) is 17.5. The van der Waals surface area contributed by atoms with E-state index in [1.807, 2.05) is 132 Å². The zero-order valence-electron chi connectivity index (χ0n) is 68.7. The fourth-order valence-electron chi connectivity index (χ4n) is 15.9. The highest BCUT2D eigenvalue weighted by Crippen LogP contribution is 2.42. The lowest BCUT2D eigenvalue weighted by molar-refractivity contribution is -0.144. The molecule has 19 heteroatoms. The predicted molar refractivity (Wildman–Crippen MR) is 456 cm³/mol. The van der Waals surface area contributed by atoms with Crippen molar-refractivity contribution in [3.05, 3.63) is 216 Å². The summed E-state index contributed by atoms with van der Waals surface area (Å²) in [4.78, 5) is 93.3. The lowest BCUT2D eigenvalue weighted by Crippen LogP contribution is -2.65. The molecule has 17 nitrogen and oxygen atoms in total. The molecule has 11 rings (SSSR count). The van der Waals surface area contributed by atoms with Crippen LogP contribution < -0.4 is 31.0 Å². The van der Waals surface area contributed by atoms with Gasteiger partial charge < -0.3 is 33.9 Å². The fourth-order valence-corrected chi connectivity index (χ4v) is 23.5. The van der Waals surface area contributed by atoms with E-state index in [1.54, 1.807) is 4.90 Å². The van der Waals surface area contributed by atoms with Crippen LogP contribution in [0.3, 0.4) is 0 Å². The molecule has 602 valence electrons. The lowest BCUT2D eigenvalue weighted by atomic mass is 9.92. The molecule has 0 bridgehead atoms. The van der Waals surface area contributed by atoms with Crippen LogP contribution in [0.25, 0.3) is 0 Å². The number of pyridine rings is 2. The number of esters is 2. The molecule has 8 aromatic rings. The van der Waals surface area contributed by atoms with Gasteiger partial charge in [0, 0.05) is 75.3 Å². The van der Waals surface area contributed by atoms with Crippen molar-refractivity contribution < 1.29 is 42.9 Å². The highest BCUT2D eigenvalue weighted by atomic mass is 28.4. The van der Waals surface area contributed by atoms with Crippen molar-refractivity contribution in [3.8, 4) is 0 Å². The van der Waals surface area contributed by atoms with Crippen LogP contribution in [0, 0.1) is 0 Å². The molecule has 0 spiro atoms. The van der Waals surface area contributed by atoms with Crippen LogP contribution >= 0.6 is 0 Å². The lowest BCUT2D eigenvalue weighted by Gasteiger charge is -2.41. The van der Waals surface area contributed by atoms with E-state index in [0.717, 1.165) is 234 Å². The summed E-state index contributed by atoms with van der Waals surface area (Å²) in [7, 11) is -6.05. The average molecular weight is 1560 g/mol. The van der Waals surface area contributed by atoms with Crippen LogP contribution in [-0.2, 0) is 67.1 Å². The summed E-state index contributed by atoms with van der Waals surface area (Å²) < 4.78 is 21.3. The molecule has 1 fully saturated rings. The number of hydrogen-bond donors (Lipinski definition) is 3. The Labute approximate surface area is 671 Å². The number of hydrogen-bond acceptors (Lipinski definition) is 16. The number of carbonyl (C=O) groups excluding carboxylic acids is 3. The first-order valence-electron chi connectivity index (χ1n) is 42.0. The number of fused-ring (bicyclic) bond motifs is 2. The van der Waals surface area contributed by atoms with E-state index in [4.69, 9.17) is 48.9 Å². The van der Waals surface area contributed by atoms with E-state index >= 15 is 0 Å². The topological polar surface area (TPSA) is 221 Å². The van der Waals surface area contributed by atoms with Gasteiger partial charge in [-0.1, -0.05) is 213 Å². The summed E-state index contributed by atoms with van der Waals surface area (Å²) in [5.41, 5.74) is 6.02. The minimum Gasteiger partial charge on any atom is -0.466 e. The Kier molecular flexibility index (Phi) is 34.7. The summed E-state index contributed by atoms with van der Waals surface area (Å²) in [6.07, 6.45) is 33.8. The van der Waals surface area contributed by atoms with E-state index in [0.29, 0.717) is 32.6 Å². The first-order valence-corrected chi connectivity index (χ1v) is 45.9. The van der Waals surface area contributed by atoms with Crippen molar-refractivity contribution in [2.45, 2.75) is 270 Å². The van der Waals surface area contributed by atoms with E-state index in [9.17, 15) is 24.0 Å². The van der Waals surface area contributed by atoms with Gasteiger partial charge >= 0.3 is 18.0 Å². The Hall–Kier alpha value is -8.34. The molecular weight excluding hydrogens is 1430 g/mol. The molecule has 0 saturated carbocycles. The molecule has 2 atom stereocenters. The van der Waals surface area contributed by atoms with Crippen LogP contribution in [0.15, 0.2) is 170 Å². The number of aromatic nitrogens is 6. The average Bonchev–Trinajstić information content (AvgIpc) is 0.786. The number of unbranched alkanes of at least 4 members (excludes halogenated alkanes) is 8. The fraction of sp³-hybridized carbons (Fsp3) is 0.516. The third kappa shape index (κ3) is 26.1. The summed E-state index contributed by atoms with van der Waals surface area (Å²) in [6.45, 7) is 22.6. The first-order chi connectivity index (χ1) is 54.1. The Morgan fingerprint density at radius 1 is 0.482 bits per heavy atom. The molecular formula is C93H128N8O9Si2. The monoisotopic (exact) mass is 1560 g/mol. The first kappa shape index (κ1) is 87.6. The van der Waals surface area contributed by atoms with E-state index in [-0.39, 0.29) is 39.9 Å². The van der Waals surface area contributed by atoms with E-state index in [1.165, 1.54) is 30.5 Å². The molecule has 0 radical (unpaired) electrons. The van der Waals surface area contributed by atoms with Crippen molar-refractivity contribution in [1.82, 2.24) is 29.9 Å². The zero-order chi connectivity index (χ0) is 79.7. The van der Waals surface area contributed by atoms with Gasteiger partial charge in [-0.15, -0.1) is 0 Å². The molecule has 7 heterocycles. The van der Waals surface area contributed by atoms with Crippen LogP contribution in [0.2, 0.25) is 10.1 Å². The molecule has 3 N–H and O–H groups in total. The summed E-state index contributed by atoms with van der Waals surface area (Å²) in [5, 5.41) is 7.05. The molecule has 4 aromatic heterocycles. The maximum atomic E-state index is 12.9. The zero-order valence-corrected chi connectivity index (χ0v) is 70.7. The van der Waals surface area contributed by atoms with Crippen molar-refractivity contribution in [2.75, 3.05) is 49.7 Å². The van der Waals surface area contributed by atoms with E-state index in [2.05, 4.69) is 106 Å². The number of ether oxygens (including phenoxy) is 4. The largest absolute Gasteiger partial charge is 0.466 e. The van der Waals surface area contributed by atoms with Gasteiger partial charge in [0.05, 0.1) is 26.1 Å². The van der Waals surface area contributed by atoms with Gasteiger partial charge in [-0.05, 0) is 214 Å². The second-order valence-electron chi connectivity index (χ2n) is 32.9. The number of nitrogens with zero attached hydrogens (tertiary/aromatic N) is 7. The molecule has 1 amide bonds. The third-order valence-electron chi connectivity index (χ3n) is 22.4. The van der Waals surface area contributed by atoms with Crippen molar-refractivity contribution in [2.24, 2.45) is 0 Å². The number of nitrogens with one attached hydrogen (secondary N) is 1. The summed E-state index contributed by atoms with van der Waals surface area (Å²) in [5.74, 6) is 3.14. The number of carbonyl (C=O) groups is 3. The van der Waals surface area contributed by atoms with Crippen molar-refractivity contribution in [3.63, 3.8) is 0 Å². The van der Waals surface area contributed by atoms with Gasteiger partial charge in [0.25, 0.3) is 16.6 Å². The van der Waals surface area contributed by atoms with Gasteiger partial charge in [-0.2, -0.15) is 0 Å². The van der Waals surface area contributed by atoms with Gasteiger partial charge in [0.1, 0.15) is 28.9 Å². The summed E-state index contributed by atoms with van der Waals surface area (Å²) >= 11 is 0. The number of amides is 1.